The number of para-hydroxylation sites is 1. The molecule has 0 atom stereocenters. The van der Waals surface area contributed by atoms with Crippen molar-refractivity contribution in [3.63, 3.8) is 0 Å². The maximum atomic E-state index is 13.2. The van der Waals surface area contributed by atoms with Crippen molar-refractivity contribution in [2.45, 2.75) is 20.4 Å². The summed E-state index contributed by atoms with van der Waals surface area (Å²) >= 11 is 0. The van der Waals surface area contributed by atoms with Gasteiger partial charge in [-0.15, -0.1) is 0 Å². The number of nitro benzene ring substituents is 1. The molecule has 0 bridgehead atoms. The van der Waals surface area contributed by atoms with Crippen LogP contribution in [0, 0.1) is 28.4 Å². The van der Waals surface area contributed by atoms with Crippen LogP contribution in [0.15, 0.2) is 54.7 Å². The van der Waals surface area contributed by atoms with Crippen molar-refractivity contribution in [1.29, 1.82) is 5.26 Å². The highest BCUT2D eigenvalue weighted by Gasteiger charge is 2.18. The number of non-ortho nitro benzene ring substituents is 1. The molecule has 1 N–H and O–H groups in total. The zero-order chi connectivity index (χ0) is 22.8. The number of nitrogens with zero attached hydrogens (tertiary/aromatic N) is 5. The molecular weight excluding hydrogens is 408 g/mol. The average Bonchev–Trinajstić information content (AvgIpc) is 3.19. The number of nitrogens with one attached hydrogen (secondary N) is 1. The number of rotatable bonds is 5. The van der Waals surface area contributed by atoms with Gasteiger partial charge in [-0.3, -0.25) is 19.6 Å². The number of hydrogen-bond acceptors (Lipinski definition) is 6. The van der Waals surface area contributed by atoms with Crippen molar-refractivity contribution in [1.82, 2.24) is 14.8 Å². The first-order valence-corrected chi connectivity index (χ1v) is 9.85. The van der Waals surface area contributed by atoms with Crippen LogP contribution in [0.2, 0.25) is 0 Å². The lowest BCUT2D eigenvalue weighted by Gasteiger charge is -2.11. The molecule has 1 amide bonds. The van der Waals surface area contributed by atoms with Gasteiger partial charge < -0.3 is 5.32 Å². The second kappa shape index (κ2) is 8.28. The molecule has 0 aliphatic carbocycles. The first-order valence-electron chi connectivity index (χ1n) is 9.85. The Bertz CT molecular complexity index is 1420. The van der Waals surface area contributed by atoms with Gasteiger partial charge in [0.1, 0.15) is 6.07 Å². The number of aryl methyl sites for hydroxylation is 2. The minimum absolute atomic E-state index is 0.00574. The summed E-state index contributed by atoms with van der Waals surface area (Å²) in [5.41, 5.74) is 3.21. The van der Waals surface area contributed by atoms with E-state index in [-0.39, 0.29) is 16.9 Å². The SMILES string of the molecule is CCn1cc(-c2cc(C(=O)Nc3ccc([N+](=O)[O-])cc3C#N)c3ccccc3n2)c(C)n1. The van der Waals surface area contributed by atoms with Gasteiger partial charge in [0, 0.05) is 35.8 Å². The number of carbonyl (C=O) groups excluding carboxylic acids is 1. The van der Waals surface area contributed by atoms with E-state index in [2.05, 4.69) is 10.4 Å². The number of benzene rings is 2. The molecule has 0 spiro atoms. The molecule has 0 radical (unpaired) electrons. The zero-order valence-corrected chi connectivity index (χ0v) is 17.4. The first-order chi connectivity index (χ1) is 15.4. The summed E-state index contributed by atoms with van der Waals surface area (Å²) in [4.78, 5) is 28.3. The van der Waals surface area contributed by atoms with Gasteiger partial charge in [0.2, 0.25) is 0 Å². The van der Waals surface area contributed by atoms with Gasteiger partial charge in [-0.05, 0) is 32.0 Å². The molecule has 0 saturated carbocycles. The number of fused-ring (bicyclic) bond motifs is 1. The molecule has 4 rings (SSSR count). The Morgan fingerprint density at radius 1 is 1.25 bits per heavy atom. The summed E-state index contributed by atoms with van der Waals surface area (Å²) in [6.07, 6.45) is 1.89. The normalized spacial score (nSPS) is 10.7. The summed E-state index contributed by atoms with van der Waals surface area (Å²) in [6, 6.07) is 14.6. The molecular formula is C23H18N6O3. The van der Waals surface area contributed by atoms with Crippen LogP contribution in [0.4, 0.5) is 11.4 Å². The molecule has 2 heterocycles. The van der Waals surface area contributed by atoms with E-state index in [1.54, 1.807) is 16.8 Å². The zero-order valence-electron chi connectivity index (χ0n) is 17.4. The summed E-state index contributed by atoms with van der Waals surface area (Å²) in [7, 11) is 0. The van der Waals surface area contributed by atoms with Crippen LogP contribution >= 0.6 is 0 Å². The van der Waals surface area contributed by atoms with E-state index in [0.717, 1.165) is 17.3 Å². The van der Waals surface area contributed by atoms with Crippen molar-refractivity contribution in [2.75, 3.05) is 5.32 Å². The molecule has 9 heteroatoms. The largest absolute Gasteiger partial charge is 0.321 e. The van der Waals surface area contributed by atoms with E-state index in [1.807, 2.05) is 44.3 Å². The lowest BCUT2D eigenvalue weighted by atomic mass is 10.0. The Balaban J connectivity index is 1.80. The van der Waals surface area contributed by atoms with E-state index in [0.29, 0.717) is 28.7 Å². The summed E-state index contributed by atoms with van der Waals surface area (Å²) < 4.78 is 1.80. The van der Waals surface area contributed by atoms with Crippen LogP contribution in [0.3, 0.4) is 0 Å². The number of nitro groups is 1. The number of carbonyl (C=O) groups is 1. The van der Waals surface area contributed by atoms with Crippen LogP contribution in [0.5, 0.6) is 0 Å². The number of nitriles is 1. The first kappa shape index (κ1) is 20.7. The average molecular weight is 426 g/mol. The predicted octanol–water partition coefficient (Wildman–Crippen LogP) is 4.46. The molecule has 158 valence electrons. The molecule has 0 aliphatic heterocycles. The Labute approximate surface area is 183 Å². The lowest BCUT2D eigenvalue weighted by Crippen LogP contribution is -2.14. The fraction of sp³-hybridized carbons (Fsp3) is 0.130. The molecule has 0 fully saturated rings. The molecule has 2 aromatic carbocycles. The fourth-order valence-electron chi connectivity index (χ4n) is 3.47. The van der Waals surface area contributed by atoms with Gasteiger partial charge in [-0.2, -0.15) is 10.4 Å². The second-order valence-electron chi connectivity index (χ2n) is 7.11. The van der Waals surface area contributed by atoms with Crippen molar-refractivity contribution in [3.8, 4) is 17.3 Å². The maximum Gasteiger partial charge on any atom is 0.270 e. The number of pyridine rings is 1. The molecule has 2 aromatic heterocycles. The van der Waals surface area contributed by atoms with Gasteiger partial charge in [0.05, 0.1) is 38.6 Å². The van der Waals surface area contributed by atoms with Gasteiger partial charge in [-0.25, -0.2) is 4.98 Å². The number of aromatic nitrogens is 3. The van der Waals surface area contributed by atoms with E-state index in [4.69, 9.17) is 4.98 Å². The quantitative estimate of drug-likeness (QED) is 0.371. The van der Waals surface area contributed by atoms with Crippen LogP contribution in [-0.4, -0.2) is 25.6 Å². The molecule has 4 aromatic rings. The fourth-order valence-corrected chi connectivity index (χ4v) is 3.47. The Kier molecular flexibility index (Phi) is 5.35. The third kappa shape index (κ3) is 3.77. The molecule has 0 aliphatic rings. The van der Waals surface area contributed by atoms with Gasteiger partial charge in [-0.1, -0.05) is 18.2 Å². The third-order valence-electron chi connectivity index (χ3n) is 5.09. The number of anilines is 1. The molecule has 0 saturated heterocycles. The second-order valence-corrected chi connectivity index (χ2v) is 7.11. The van der Waals surface area contributed by atoms with Crippen LogP contribution < -0.4 is 5.32 Å². The topological polar surface area (TPSA) is 127 Å². The van der Waals surface area contributed by atoms with E-state index in [9.17, 15) is 20.2 Å². The van der Waals surface area contributed by atoms with E-state index < -0.39 is 10.8 Å². The summed E-state index contributed by atoms with van der Waals surface area (Å²) in [6.45, 7) is 4.58. The molecule has 9 nitrogen and oxygen atoms in total. The summed E-state index contributed by atoms with van der Waals surface area (Å²) in [5.74, 6) is -0.448. The van der Waals surface area contributed by atoms with Crippen LogP contribution in [-0.2, 0) is 6.54 Å². The van der Waals surface area contributed by atoms with Crippen LogP contribution in [0.25, 0.3) is 22.2 Å². The lowest BCUT2D eigenvalue weighted by molar-refractivity contribution is -0.384. The Hall–Kier alpha value is -4.58. The molecule has 0 unspecified atom stereocenters. The minimum atomic E-state index is -0.589. The number of hydrogen-bond donors (Lipinski definition) is 1. The predicted molar refractivity (Wildman–Crippen MR) is 119 cm³/mol. The van der Waals surface area contributed by atoms with Crippen molar-refractivity contribution >= 4 is 28.2 Å². The van der Waals surface area contributed by atoms with Crippen molar-refractivity contribution in [2.24, 2.45) is 0 Å². The van der Waals surface area contributed by atoms with E-state index in [1.165, 1.54) is 12.1 Å². The Morgan fingerprint density at radius 3 is 2.72 bits per heavy atom. The van der Waals surface area contributed by atoms with Gasteiger partial charge in [0.15, 0.2) is 0 Å². The van der Waals surface area contributed by atoms with Gasteiger partial charge in [0.25, 0.3) is 11.6 Å². The smallest absolute Gasteiger partial charge is 0.270 e. The van der Waals surface area contributed by atoms with Crippen molar-refractivity contribution < 1.29 is 9.72 Å². The van der Waals surface area contributed by atoms with E-state index >= 15 is 0 Å². The standard InChI is InChI=1S/C23H18N6O3/c1-3-28-13-19(14(2)27-28)22-11-18(17-6-4-5-7-21(17)25-22)23(30)26-20-9-8-16(29(31)32)10-15(20)12-24/h4-11,13H,3H2,1-2H3,(H,26,30). The van der Waals surface area contributed by atoms with Crippen molar-refractivity contribution in [3.05, 3.63) is 81.7 Å². The highest BCUT2D eigenvalue weighted by molar-refractivity contribution is 6.13. The number of amides is 1. The Morgan fingerprint density at radius 2 is 2.03 bits per heavy atom. The third-order valence-corrected chi connectivity index (χ3v) is 5.09. The maximum absolute atomic E-state index is 13.2. The highest BCUT2D eigenvalue weighted by atomic mass is 16.6. The van der Waals surface area contributed by atoms with Gasteiger partial charge >= 0.3 is 0 Å². The highest BCUT2D eigenvalue weighted by Crippen LogP contribution is 2.28. The molecule has 32 heavy (non-hydrogen) atoms. The minimum Gasteiger partial charge on any atom is -0.321 e. The monoisotopic (exact) mass is 426 g/mol. The summed E-state index contributed by atoms with van der Waals surface area (Å²) in [5, 5.41) is 28.2. The van der Waals surface area contributed by atoms with Crippen LogP contribution in [0.1, 0.15) is 28.5 Å².